The van der Waals surface area contributed by atoms with Gasteiger partial charge in [-0.05, 0) is 41.9 Å². The van der Waals surface area contributed by atoms with Crippen LogP contribution in [0.4, 0.5) is 0 Å². The molecule has 0 amide bonds. The van der Waals surface area contributed by atoms with E-state index in [9.17, 15) is 4.79 Å². The quantitative estimate of drug-likeness (QED) is 0.737. The second-order valence-corrected chi connectivity index (χ2v) is 5.99. The summed E-state index contributed by atoms with van der Waals surface area (Å²) in [7, 11) is 0. The van der Waals surface area contributed by atoms with Gasteiger partial charge >= 0.3 is 5.97 Å². The average Bonchev–Trinajstić information content (AvgIpc) is 2.31. The normalized spacial score (nSPS) is 44.2. The summed E-state index contributed by atoms with van der Waals surface area (Å²) in [6, 6.07) is 0. The first-order chi connectivity index (χ1) is 6.37. The molecule has 2 bridgehead atoms. The molecule has 2 aliphatic carbocycles. The van der Waals surface area contributed by atoms with Crippen molar-refractivity contribution in [2.75, 3.05) is 0 Å². The van der Waals surface area contributed by atoms with Crippen molar-refractivity contribution >= 4 is 5.97 Å². The van der Waals surface area contributed by atoms with Crippen molar-refractivity contribution in [1.82, 2.24) is 0 Å². The molecule has 80 valence electrons. The topological polar surface area (TPSA) is 37.3 Å². The molecule has 0 aromatic rings. The molecule has 2 fully saturated rings. The molecule has 0 spiro atoms. The van der Waals surface area contributed by atoms with Crippen molar-refractivity contribution in [3.63, 3.8) is 0 Å². The van der Waals surface area contributed by atoms with E-state index in [2.05, 4.69) is 20.8 Å². The molecule has 2 heteroatoms. The number of carboxylic acid groups (broad SMARTS) is 1. The van der Waals surface area contributed by atoms with Gasteiger partial charge in [0.25, 0.3) is 0 Å². The van der Waals surface area contributed by atoms with Crippen LogP contribution in [0.1, 0.15) is 46.5 Å². The average molecular weight is 196 g/mol. The first-order valence-corrected chi connectivity index (χ1v) is 5.59. The van der Waals surface area contributed by atoms with Gasteiger partial charge in [-0.1, -0.05) is 20.8 Å². The van der Waals surface area contributed by atoms with Crippen LogP contribution in [-0.4, -0.2) is 11.1 Å². The van der Waals surface area contributed by atoms with E-state index >= 15 is 0 Å². The smallest absolute Gasteiger partial charge is 0.303 e. The molecular weight excluding hydrogens is 176 g/mol. The number of rotatable bonds is 2. The van der Waals surface area contributed by atoms with Gasteiger partial charge in [0.2, 0.25) is 0 Å². The third kappa shape index (κ3) is 1.12. The number of hydrogen-bond donors (Lipinski definition) is 1. The van der Waals surface area contributed by atoms with Crippen LogP contribution in [0.2, 0.25) is 0 Å². The van der Waals surface area contributed by atoms with Crippen molar-refractivity contribution in [3.05, 3.63) is 0 Å². The summed E-state index contributed by atoms with van der Waals surface area (Å²) >= 11 is 0. The molecule has 2 saturated carbocycles. The summed E-state index contributed by atoms with van der Waals surface area (Å²) in [5, 5.41) is 8.86. The zero-order valence-electron chi connectivity index (χ0n) is 9.34. The maximum Gasteiger partial charge on any atom is 0.303 e. The van der Waals surface area contributed by atoms with Gasteiger partial charge in [-0.15, -0.1) is 0 Å². The highest BCUT2D eigenvalue weighted by Crippen LogP contribution is 2.68. The molecule has 1 unspecified atom stereocenters. The summed E-state index contributed by atoms with van der Waals surface area (Å²) in [5.41, 5.74) is 0.755. The molecule has 3 atom stereocenters. The van der Waals surface area contributed by atoms with Crippen molar-refractivity contribution in [3.8, 4) is 0 Å². The van der Waals surface area contributed by atoms with Gasteiger partial charge in [-0.25, -0.2) is 0 Å². The van der Waals surface area contributed by atoms with E-state index in [0.29, 0.717) is 29.1 Å². The van der Waals surface area contributed by atoms with Crippen LogP contribution >= 0.6 is 0 Å². The van der Waals surface area contributed by atoms with E-state index in [1.54, 1.807) is 0 Å². The highest BCUT2D eigenvalue weighted by atomic mass is 16.4. The number of carboxylic acids is 1. The Labute approximate surface area is 85.7 Å². The van der Waals surface area contributed by atoms with Crippen LogP contribution in [0.3, 0.4) is 0 Å². The van der Waals surface area contributed by atoms with E-state index in [1.165, 1.54) is 12.8 Å². The Morgan fingerprint density at radius 1 is 1.43 bits per heavy atom. The van der Waals surface area contributed by atoms with Gasteiger partial charge < -0.3 is 5.11 Å². The second kappa shape index (κ2) is 2.74. The Bertz CT molecular complexity index is 267. The minimum atomic E-state index is -0.623. The fourth-order valence-corrected chi connectivity index (χ4v) is 3.95. The lowest BCUT2D eigenvalue weighted by Gasteiger charge is -2.34. The maximum absolute atomic E-state index is 10.7. The number of carbonyl (C=O) groups is 1. The lowest BCUT2D eigenvalue weighted by molar-refractivity contribution is -0.138. The maximum atomic E-state index is 10.7. The van der Waals surface area contributed by atoms with Crippen LogP contribution in [0.5, 0.6) is 0 Å². The highest BCUT2D eigenvalue weighted by Gasteiger charge is 2.60. The Morgan fingerprint density at radius 2 is 2.07 bits per heavy atom. The standard InChI is InChI=1S/C12H20O2/c1-11(2)9-4-5-12(11,3)7-8(9)6-10(13)14/h8-9H,4-7H2,1-3H3,(H,13,14)/t8?,9-,12+/m1/s1. The third-order valence-electron chi connectivity index (χ3n) is 5.21. The van der Waals surface area contributed by atoms with E-state index in [4.69, 9.17) is 5.11 Å². The van der Waals surface area contributed by atoms with E-state index < -0.39 is 5.97 Å². The van der Waals surface area contributed by atoms with E-state index in [-0.39, 0.29) is 0 Å². The molecule has 0 saturated heterocycles. The van der Waals surface area contributed by atoms with Crippen molar-refractivity contribution in [2.24, 2.45) is 22.7 Å². The van der Waals surface area contributed by atoms with Gasteiger partial charge in [0.05, 0.1) is 0 Å². The van der Waals surface area contributed by atoms with Crippen molar-refractivity contribution in [2.45, 2.75) is 46.5 Å². The Kier molecular flexibility index (Phi) is 1.96. The molecule has 14 heavy (non-hydrogen) atoms. The summed E-state index contributed by atoms with van der Waals surface area (Å²) in [4.78, 5) is 10.7. The molecule has 1 N–H and O–H groups in total. The first-order valence-electron chi connectivity index (χ1n) is 5.59. The van der Waals surface area contributed by atoms with Gasteiger partial charge in [0, 0.05) is 6.42 Å². The molecule has 2 nitrogen and oxygen atoms in total. The van der Waals surface area contributed by atoms with Gasteiger partial charge in [-0.2, -0.15) is 0 Å². The fourth-order valence-electron chi connectivity index (χ4n) is 3.95. The predicted octanol–water partition coefficient (Wildman–Crippen LogP) is 2.92. The number of hydrogen-bond acceptors (Lipinski definition) is 1. The number of fused-ring (bicyclic) bond motifs is 2. The Hall–Kier alpha value is -0.530. The van der Waals surface area contributed by atoms with Crippen LogP contribution in [0.15, 0.2) is 0 Å². The van der Waals surface area contributed by atoms with Crippen molar-refractivity contribution < 1.29 is 9.90 Å². The zero-order chi connectivity index (χ0) is 10.6. The Balaban J connectivity index is 2.19. The molecule has 0 aromatic heterocycles. The molecular formula is C12H20O2. The van der Waals surface area contributed by atoms with Crippen LogP contribution < -0.4 is 0 Å². The number of aliphatic carboxylic acids is 1. The first kappa shape index (κ1) is 10.0. The summed E-state index contributed by atoms with van der Waals surface area (Å²) in [6.07, 6.45) is 4.03. The van der Waals surface area contributed by atoms with Crippen LogP contribution in [0, 0.1) is 22.7 Å². The van der Waals surface area contributed by atoms with Gasteiger partial charge in [-0.3, -0.25) is 4.79 Å². The molecule has 0 heterocycles. The molecule has 2 aliphatic rings. The molecule has 0 aliphatic heterocycles. The largest absolute Gasteiger partial charge is 0.481 e. The van der Waals surface area contributed by atoms with Crippen LogP contribution in [-0.2, 0) is 4.79 Å². The van der Waals surface area contributed by atoms with Gasteiger partial charge in [0.1, 0.15) is 0 Å². The minimum absolute atomic E-state index is 0.354. The summed E-state index contributed by atoms with van der Waals surface area (Å²) in [6.45, 7) is 6.99. The van der Waals surface area contributed by atoms with Crippen molar-refractivity contribution in [1.29, 1.82) is 0 Å². The SMILES string of the molecule is CC1(C)[C@@H]2CC[C@@]1(C)CC2CC(=O)O. The second-order valence-electron chi connectivity index (χ2n) is 5.99. The van der Waals surface area contributed by atoms with E-state index in [1.807, 2.05) is 0 Å². The Morgan fingerprint density at radius 3 is 2.43 bits per heavy atom. The third-order valence-corrected chi connectivity index (χ3v) is 5.21. The van der Waals surface area contributed by atoms with Crippen LogP contribution in [0.25, 0.3) is 0 Å². The lowest BCUT2D eigenvalue weighted by Crippen LogP contribution is -2.26. The highest BCUT2D eigenvalue weighted by molar-refractivity contribution is 5.67. The predicted molar refractivity (Wildman–Crippen MR) is 55.0 cm³/mol. The van der Waals surface area contributed by atoms with Gasteiger partial charge in [0.15, 0.2) is 0 Å². The zero-order valence-corrected chi connectivity index (χ0v) is 9.34. The molecule has 2 rings (SSSR count). The molecule has 0 radical (unpaired) electrons. The van der Waals surface area contributed by atoms with E-state index in [0.717, 1.165) is 6.42 Å². The monoisotopic (exact) mass is 196 g/mol. The minimum Gasteiger partial charge on any atom is -0.481 e. The summed E-state index contributed by atoms with van der Waals surface area (Å²) in [5.74, 6) is 0.451. The fraction of sp³-hybridized carbons (Fsp3) is 0.917. The lowest BCUT2D eigenvalue weighted by atomic mass is 9.71. The molecule has 0 aromatic carbocycles. The summed E-state index contributed by atoms with van der Waals surface area (Å²) < 4.78 is 0.